The molecule has 0 radical (unpaired) electrons. The van der Waals surface area contributed by atoms with Crippen LogP contribution in [-0.4, -0.2) is 82.4 Å². The Morgan fingerprint density at radius 1 is 1.02 bits per heavy atom. The second kappa shape index (κ2) is 21.6. The van der Waals surface area contributed by atoms with Gasteiger partial charge in [0.15, 0.2) is 6.29 Å². The molecule has 2 heterocycles. The van der Waals surface area contributed by atoms with E-state index in [0.29, 0.717) is 29.6 Å². The van der Waals surface area contributed by atoms with Gasteiger partial charge in [-0.3, -0.25) is 14.4 Å². The van der Waals surface area contributed by atoms with Crippen LogP contribution in [0.25, 0.3) is 11.3 Å². The quantitative estimate of drug-likeness (QED) is 0.0355. The number of thiol groups is 1. The Balaban J connectivity index is 1.35. The highest BCUT2D eigenvalue weighted by Crippen LogP contribution is 2.34. The lowest BCUT2D eigenvalue weighted by molar-refractivity contribution is -0.275. The molecule has 290 valence electrons. The van der Waals surface area contributed by atoms with Crippen molar-refractivity contribution >= 4 is 30.7 Å². The molecule has 16 heteroatoms. The molecule has 0 saturated carbocycles. The Hall–Kier alpha value is -4.09. The van der Waals surface area contributed by atoms with Gasteiger partial charge in [0.2, 0.25) is 0 Å². The van der Waals surface area contributed by atoms with Gasteiger partial charge in [-0.15, -0.1) is 14.7 Å². The number of esters is 2. The molecule has 53 heavy (non-hydrogen) atoms. The molecule has 14 nitrogen and oxygen atoms in total. The van der Waals surface area contributed by atoms with Crippen LogP contribution >= 0.6 is 12.8 Å². The van der Waals surface area contributed by atoms with Crippen molar-refractivity contribution in [1.82, 2.24) is 25.0 Å². The van der Waals surface area contributed by atoms with E-state index < -0.39 is 36.5 Å². The second-order valence-electron chi connectivity index (χ2n) is 13.1. The van der Waals surface area contributed by atoms with Gasteiger partial charge < -0.3 is 28.5 Å². The van der Waals surface area contributed by atoms with Gasteiger partial charge in [0.25, 0.3) is 0 Å². The van der Waals surface area contributed by atoms with Gasteiger partial charge in [0.1, 0.15) is 29.8 Å². The first-order valence-electron chi connectivity index (χ1n) is 17.8. The van der Waals surface area contributed by atoms with Crippen molar-refractivity contribution in [2.75, 3.05) is 19.8 Å². The number of aromatic nitrogens is 3. The monoisotopic (exact) mass is 759 g/mol. The average molecular weight is 760 g/mol. The van der Waals surface area contributed by atoms with Crippen molar-refractivity contribution in [3.63, 3.8) is 0 Å². The minimum absolute atomic E-state index is 0.0209. The predicted molar refractivity (Wildman–Crippen MR) is 194 cm³/mol. The minimum Gasteiger partial charge on any atom is -0.494 e. The first kappa shape index (κ1) is 41.7. The number of benzene rings is 2. The molecule has 6 atom stereocenters. The van der Waals surface area contributed by atoms with E-state index in [1.165, 1.54) is 13.8 Å². The van der Waals surface area contributed by atoms with E-state index in [1.807, 2.05) is 68.4 Å². The van der Waals surface area contributed by atoms with Crippen LogP contribution in [0.4, 0.5) is 4.48 Å². The number of carbonyl (C=O) groups excluding carboxylic acids is 3. The van der Waals surface area contributed by atoms with Crippen LogP contribution in [0.1, 0.15) is 65.4 Å². The second-order valence-corrected chi connectivity index (χ2v) is 13.3. The van der Waals surface area contributed by atoms with Crippen molar-refractivity contribution in [3.05, 3.63) is 66.4 Å². The van der Waals surface area contributed by atoms with E-state index in [1.54, 1.807) is 10.9 Å². The third-order valence-corrected chi connectivity index (χ3v) is 8.96. The highest BCUT2D eigenvalue weighted by molar-refractivity contribution is 7.77. The van der Waals surface area contributed by atoms with Crippen molar-refractivity contribution in [1.29, 1.82) is 0 Å². The van der Waals surface area contributed by atoms with Crippen LogP contribution < -0.4 is 9.62 Å². The zero-order chi connectivity index (χ0) is 38.2. The van der Waals surface area contributed by atoms with Gasteiger partial charge in [-0.25, -0.2) is 4.68 Å². The maximum absolute atomic E-state index is 14.9. The van der Waals surface area contributed by atoms with Gasteiger partial charge in [-0.2, -0.15) is 0 Å². The number of hydrogen-bond donors (Lipinski definition) is 2. The Morgan fingerprint density at radius 2 is 1.79 bits per heavy atom. The van der Waals surface area contributed by atoms with Crippen molar-refractivity contribution < 1.29 is 47.4 Å². The smallest absolute Gasteiger partial charge is 0.325 e. The Kier molecular flexibility index (Phi) is 17.0. The normalized spacial score (nSPS) is 20.5. The molecule has 0 amide bonds. The molecule has 1 aromatic heterocycles. The molecular weight excluding hydrogens is 709 g/mol. The van der Waals surface area contributed by atoms with E-state index in [-0.39, 0.29) is 44.0 Å². The zero-order valence-electron chi connectivity index (χ0n) is 30.6. The number of ether oxygens (including phenoxy) is 5. The highest BCUT2D eigenvalue weighted by atomic mass is 32.1. The summed E-state index contributed by atoms with van der Waals surface area (Å²) >= 11 is 3.64. The molecule has 1 aliphatic heterocycles. The number of nitrogens with one attached hydrogen (secondary N) is 1. The Bertz CT molecular complexity index is 1580. The number of carbonyl (C=O) groups is 3. The van der Waals surface area contributed by atoms with Crippen LogP contribution in [0.3, 0.4) is 0 Å². The third-order valence-electron chi connectivity index (χ3n) is 8.87. The zero-order valence-corrected chi connectivity index (χ0v) is 31.5. The summed E-state index contributed by atoms with van der Waals surface area (Å²) in [6.07, 6.45) is 2.52. The summed E-state index contributed by atoms with van der Waals surface area (Å²) in [6, 6.07) is 16.7. The number of unbranched alkanes of at least 4 members (excludes halogenated alkanes) is 3. The lowest BCUT2D eigenvalue weighted by Crippen LogP contribution is -2.53. The van der Waals surface area contributed by atoms with Gasteiger partial charge >= 0.3 is 17.9 Å². The number of rotatable bonds is 21. The van der Waals surface area contributed by atoms with Crippen molar-refractivity contribution in [2.24, 2.45) is 11.8 Å². The fourth-order valence-corrected chi connectivity index (χ4v) is 6.17. The van der Waals surface area contributed by atoms with Crippen LogP contribution in [-0.2, 0) is 51.3 Å². The first-order chi connectivity index (χ1) is 25.5. The van der Waals surface area contributed by atoms with Crippen molar-refractivity contribution in [3.8, 4) is 17.0 Å². The SMILES string of the molecule is CC(=O)OC(COC1OC(Cn2cc(-c3cccc(OCCCCCCC(=O)ONS)c3)nn2)[C@H](OC(C)=O)[C@H](C)C1C)CN(F)Cc1ccccc1. The van der Waals surface area contributed by atoms with Gasteiger partial charge in [-0.05, 0) is 30.5 Å². The lowest BCUT2D eigenvalue weighted by Gasteiger charge is -2.44. The average Bonchev–Trinajstić information content (AvgIpc) is 3.59. The highest BCUT2D eigenvalue weighted by Gasteiger charge is 2.44. The summed E-state index contributed by atoms with van der Waals surface area (Å²) < 4.78 is 46.2. The molecule has 2 aromatic carbocycles. The van der Waals surface area contributed by atoms with E-state index in [0.717, 1.165) is 36.8 Å². The first-order valence-corrected chi connectivity index (χ1v) is 18.2. The molecule has 0 aliphatic carbocycles. The Morgan fingerprint density at radius 3 is 2.53 bits per heavy atom. The molecular formula is C37H50FN5O9S. The van der Waals surface area contributed by atoms with Gasteiger partial charge in [-0.1, -0.05) is 92.1 Å². The Labute approximate surface area is 315 Å². The fourth-order valence-electron chi connectivity index (χ4n) is 6.07. The molecule has 1 aliphatic rings. The maximum atomic E-state index is 14.9. The summed E-state index contributed by atoms with van der Waals surface area (Å²) in [7, 11) is 0. The molecule has 1 N–H and O–H groups in total. The van der Waals surface area contributed by atoms with Crippen molar-refractivity contribution in [2.45, 2.75) is 97.5 Å². The van der Waals surface area contributed by atoms with Crippen LogP contribution in [0.5, 0.6) is 5.75 Å². The van der Waals surface area contributed by atoms with E-state index >= 15 is 0 Å². The molecule has 1 saturated heterocycles. The number of hydrogen-bond acceptors (Lipinski definition) is 14. The molecule has 4 unspecified atom stereocenters. The summed E-state index contributed by atoms with van der Waals surface area (Å²) in [4.78, 5) is 42.0. The summed E-state index contributed by atoms with van der Waals surface area (Å²) in [5.74, 6) is -1.06. The third kappa shape index (κ3) is 14.0. The van der Waals surface area contributed by atoms with Gasteiger partial charge in [0.05, 0.1) is 39.0 Å². The summed E-state index contributed by atoms with van der Waals surface area (Å²) in [6.45, 7) is 6.92. The molecule has 3 aromatic rings. The van der Waals surface area contributed by atoms with E-state index in [4.69, 9.17) is 23.7 Å². The molecule has 4 rings (SSSR count). The lowest BCUT2D eigenvalue weighted by atomic mass is 9.84. The minimum atomic E-state index is -0.895. The molecule has 0 bridgehead atoms. The number of halogens is 1. The van der Waals surface area contributed by atoms with Crippen LogP contribution in [0, 0.1) is 11.8 Å². The standard InChI is InChI=1S/C37H50FN5O9S/c1-25-26(2)37(48-24-32(49-27(3)44)21-42(38)20-29-13-8-7-9-14-29)51-34(36(25)50-28(4)45)23-43-22-33(39-40-43)30-15-12-16-31(19-30)47-18-11-6-5-10-17-35(46)52-41-53/h7-9,12-16,19,22,25-26,32,34,36-37,41,53H,5-6,10-11,17-18,20-21,23-24H2,1-4H3/t25-,26?,32?,34?,36-,37?/m1/s1. The van der Waals surface area contributed by atoms with Gasteiger partial charge in [0, 0.05) is 37.7 Å². The maximum Gasteiger partial charge on any atom is 0.325 e. The fraction of sp³-hybridized carbons (Fsp3) is 0.541. The molecule has 1 fully saturated rings. The molecule has 0 spiro atoms. The summed E-state index contributed by atoms with van der Waals surface area (Å²) in [5.41, 5.74) is 2.19. The van der Waals surface area contributed by atoms with Crippen LogP contribution in [0.15, 0.2) is 60.8 Å². The largest absolute Gasteiger partial charge is 0.494 e. The summed E-state index contributed by atoms with van der Waals surface area (Å²) in [5, 5.41) is 9.26. The van der Waals surface area contributed by atoms with E-state index in [2.05, 4.69) is 32.8 Å². The number of nitrogens with zero attached hydrogens (tertiary/aromatic N) is 4. The van der Waals surface area contributed by atoms with Crippen LogP contribution in [0.2, 0.25) is 0 Å². The van der Waals surface area contributed by atoms with E-state index in [9.17, 15) is 18.9 Å². The predicted octanol–water partition coefficient (Wildman–Crippen LogP) is 5.43. The topological polar surface area (TPSA) is 153 Å².